The number of hydrogen-bond donors (Lipinski definition) is 1. The van der Waals surface area contributed by atoms with Crippen molar-refractivity contribution in [3.05, 3.63) is 76.9 Å². The molecule has 0 saturated heterocycles. The van der Waals surface area contributed by atoms with Gasteiger partial charge in [-0.1, -0.05) is 54.1 Å². The first-order chi connectivity index (χ1) is 9.74. The zero-order chi connectivity index (χ0) is 14.2. The predicted octanol–water partition coefficient (Wildman–Crippen LogP) is 4.24. The largest absolute Gasteiger partial charge is 0.444 e. The van der Waals surface area contributed by atoms with Crippen molar-refractivity contribution in [2.45, 2.75) is 6.61 Å². The van der Waals surface area contributed by atoms with Crippen LogP contribution in [0.2, 0.25) is 5.02 Å². The second-order valence-electron chi connectivity index (χ2n) is 4.09. The molecule has 1 amide bonds. The maximum Gasteiger partial charge on any atom is 0.411 e. The SMILES string of the molecule is O=C(NC=Cc1ccc(Cl)cc1)OCc1ccccc1. The van der Waals surface area contributed by atoms with Crippen LogP contribution < -0.4 is 5.32 Å². The van der Waals surface area contributed by atoms with E-state index in [0.29, 0.717) is 5.02 Å². The van der Waals surface area contributed by atoms with Crippen molar-refractivity contribution in [1.29, 1.82) is 0 Å². The van der Waals surface area contributed by atoms with Gasteiger partial charge in [-0.15, -0.1) is 0 Å². The van der Waals surface area contributed by atoms with E-state index in [1.54, 1.807) is 18.2 Å². The van der Waals surface area contributed by atoms with E-state index in [2.05, 4.69) is 5.32 Å². The number of nitrogens with one attached hydrogen (secondary N) is 1. The monoisotopic (exact) mass is 287 g/mol. The first kappa shape index (κ1) is 14.2. The summed E-state index contributed by atoms with van der Waals surface area (Å²) in [5, 5.41) is 3.22. The molecule has 0 unspecified atom stereocenters. The van der Waals surface area contributed by atoms with Crippen LogP contribution in [-0.2, 0) is 11.3 Å². The molecule has 2 aromatic rings. The molecule has 2 rings (SSSR count). The Hall–Kier alpha value is -2.26. The van der Waals surface area contributed by atoms with Gasteiger partial charge in [0.05, 0.1) is 0 Å². The van der Waals surface area contributed by atoms with Crippen LogP contribution in [0.4, 0.5) is 4.79 Å². The fourth-order valence-electron chi connectivity index (χ4n) is 1.54. The summed E-state index contributed by atoms with van der Waals surface area (Å²) in [5.74, 6) is 0. The highest BCUT2D eigenvalue weighted by Gasteiger charge is 1.99. The third kappa shape index (κ3) is 4.78. The van der Waals surface area contributed by atoms with E-state index in [1.807, 2.05) is 42.5 Å². The van der Waals surface area contributed by atoms with Crippen molar-refractivity contribution in [1.82, 2.24) is 5.32 Å². The molecule has 0 spiro atoms. The average molecular weight is 288 g/mol. The van der Waals surface area contributed by atoms with Crippen LogP contribution in [0.25, 0.3) is 6.08 Å². The molecule has 0 radical (unpaired) electrons. The Labute approximate surface area is 122 Å². The van der Waals surface area contributed by atoms with Crippen LogP contribution in [0.3, 0.4) is 0 Å². The van der Waals surface area contributed by atoms with Crippen LogP contribution >= 0.6 is 11.6 Å². The molecule has 0 atom stereocenters. The Morgan fingerprint density at radius 1 is 1.10 bits per heavy atom. The minimum absolute atomic E-state index is 0.251. The summed E-state index contributed by atoms with van der Waals surface area (Å²) in [6.45, 7) is 0.251. The molecule has 0 aromatic heterocycles. The molecule has 0 bridgehead atoms. The van der Waals surface area contributed by atoms with E-state index in [0.717, 1.165) is 11.1 Å². The molecule has 0 heterocycles. The van der Waals surface area contributed by atoms with Gasteiger partial charge in [0, 0.05) is 11.2 Å². The van der Waals surface area contributed by atoms with Crippen LogP contribution in [0.5, 0.6) is 0 Å². The molecule has 0 aliphatic rings. The highest BCUT2D eigenvalue weighted by Crippen LogP contribution is 2.10. The second-order valence-corrected chi connectivity index (χ2v) is 4.53. The smallest absolute Gasteiger partial charge is 0.411 e. The quantitative estimate of drug-likeness (QED) is 0.913. The Balaban J connectivity index is 1.76. The molecular formula is C16H14ClNO2. The van der Waals surface area contributed by atoms with Gasteiger partial charge in [0.25, 0.3) is 0 Å². The van der Waals surface area contributed by atoms with Gasteiger partial charge in [-0.2, -0.15) is 0 Å². The summed E-state index contributed by atoms with van der Waals surface area (Å²) < 4.78 is 5.06. The lowest BCUT2D eigenvalue weighted by Gasteiger charge is -2.03. The Morgan fingerprint density at radius 2 is 1.80 bits per heavy atom. The topological polar surface area (TPSA) is 38.3 Å². The molecule has 20 heavy (non-hydrogen) atoms. The van der Waals surface area contributed by atoms with Gasteiger partial charge in [-0.3, -0.25) is 5.32 Å². The highest BCUT2D eigenvalue weighted by molar-refractivity contribution is 6.30. The normalized spacial score (nSPS) is 10.4. The summed E-state index contributed by atoms with van der Waals surface area (Å²) >= 11 is 5.78. The molecule has 0 aliphatic heterocycles. The number of ether oxygens (including phenoxy) is 1. The van der Waals surface area contributed by atoms with E-state index in [4.69, 9.17) is 16.3 Å². The number of hydrogen-bond acceptors (Lipinski definition) is 2. The highest BCUT2D eigenvalue weighted by atomic mass is 35.5. The minimum Gasteiger partial charge on any atom is -0.444 e. The van der Waals surface area contributed by atoms with Crippen molar-refractivity contribution in [3.63, 3.8) is 0 Å². The van der Waals surface area contributed by atoms with Crippen LogP contribution in [0, 0.1) is 0 Å². The van der Waals surface area contributed by atoms with Crippen LogP contribution in [0.15, 0.2) is 60.8 Å². The predicted molar refractivity (Wildman–Crippen MR) is 80.2 cm³/mol. The van der Waals surface area contributed by atoms with E-state index < -0.39 is 6.09 Å². The maximum absolute atomic E-state index is 11.5. The second kappa shape index (κ2) is 7.36. The molecule has 0 aliphatic carbocycles. The van der Waals surface area contributed by atoms with Crippen molar-refractivity contribution >= 4 is 23.8 Å². The zero-order valence-corrected chi connectivity index (χ0v) is 11.5. The molecular weight excluding hydrogens is 274 g/mol. The van der Waals surface area contributed by atoms with Gasteiger partial charge in [-0.25, -0.2) is 4.79 Å². The van der Waals surface area contributed by atoms with Gasteiger partial charge in [-0.05, 0) is 29.3 Å². The van der Waals surface area contributed by atoms with E-state index in [1.165, 1.54) is 6.20 Å². The number of alkyl carbamates (subject to hydrolysis) is 1. The molecule has 0 saturated carbocycles. The standard InChI is InChI=1S/C16H14ClNO2/c17-15-8-6-13(7-9-15)10-11-18-16(19)20-12-14-4-2-1-3-5-14/h1-11H,12H2,(H,18,19). The summed E-state index contributed by atoms with van der Waals surface area (Å²) in [5.41, 5.74) is 1.89. The summed E-state index contributed by atoms with van der Waals surface area (Å²) in [7, 11) is 0. The lowest BCUT2D eigenvalue weighted by molar-refractivity contribution is 0.143. The first-order valence-corrected chi connectivity index (χ1v) is 6.51. The van der Waals surface area contributed by atoms with Crippen molar-refractivity contribution in [2.75, 3.05) is 0 Å². The van der Waals surface area contributed by atoms with Crippen molar-refractivity contribution < 1.29 is 9.53 Å². The Bertz CT molecular complexity index is 579. The number of benzene rings is 2. The molecule has 2 aromatic carbocycles. The minimum atomic E-state index is -0.487. The van der Waals surface area contributed by atoms with Crippen molar-refractivity contribution in [3.8, 4) is 0 Å². The average Bonchev–Trinajstić information content (AvgIpc) is 2.48. The van der Waals surface area contributed by atoms with E-state index >= 15 is 0 Å². The van der Waals surface area contributed by atoms with Gasteiger partial charge in [0.2, 0.25) is 0 Å². The fourth-order valence-corrected chi connectivity index (χ4v) is 1.67. The van der Waals surface area contributed by atoms with Crippen molar-refractivity contribution in [2.24, 2.45) is 0 Å². The lowest BCUT2D eigenvalue weighted by atomic mass is 10.2. The Kier molecular flexibility index (Phi) is 5.21. The van der Waals surface area contributed by atoms with Crippen LogP contribution in [0.1, 0.15) is 11.1 Å². The van der Waals surface area contributed by atoms with E-state index in [9.17, 15) is 4.79 Å². The zero-order valence-electron chi connectivity index (χ0n) is 10.8. The number of carbonyl (C=O) groups is 1. The Morgan fingerprint density at radius 3 is 2.50 bits per heavy atom. The summed E-state index contributed by atoms with van der Waals surface area (Å²) in [4.78, 5) is 11.5. The molecule has 4 heteroatoms. The molecule has 102 valence electrons. The molecule has 3 nitrogen and oxygen atoms in total. The van der Waals surface area contributed by atoms with Gasteiger partial charge in [0.15, 0.2) is 0 Å². The molecule has 1 N–H and O–H groups in total. The van der Waals surface area contributed by atoms with Gasteiger partial charge in [0.1, 0.15) is 6.61 Å². The number of halogens is 1. The number of rotatable bonds is 4. The molecule has 0 fully saturated rings. The number of amides is 1. The summed E-state index contributed by atoms with van der Waals surface area (Å²) in [6.07, 6.45) is 2.82. The van der Waals surface area contributed by atoms with E-state index in [-0.39, 0.29) is 6.61 Å². The fraction of sp³-hybridized carbons (Fsp3) is 0.0625. The maximum atomic E-state index is 11.5. The number of carbonyl (C=O) groups excluding carboxylic acids is 1. The lowest BCUT2D eigenvalue weighted by Crippen LogP contribution is -2.18. The first-order valence-electron chi connectivity index (χ1n) is 6.13. The summed E-state index contributed by atoms with van der Waals surface area (Å²) in [6, 6.07) is 16.8. The van der Waals surface area contributed by atoms with Gasteiger partial charge < -0.3 is 4.74 Å². The van der Waals surface area contributed by atoms with Gasteiger partial charge >= 0.3 is 6.09 Å². The van der Waals surface area contributed by atoms with Crippen LogP contribution in [-0.4, -0.2) is 6.09 Å². The third-order valence-corrected chi connectivity index (χ3v) is 2.81. The third-order valence-electron chi connectivity index (χ3n) is 2.56.